The lowest BCUT2D eigenvalue weighted by Gasteiger charge is -2.22. The zero-order valence-electron chi connectivity index (χ0n) is 14.8. The summed E-state index contributed by atoms with van der Waals surface area (Å²) in [4.78, 5) is 35.0. The van der Waals surface area contributed by atoms with Gasteiger partial charge in [-0.1, -0.05) is 38.6 Å². The zero-order chi connectivity index (χ0) is 19.0. The maximum atomic E-state index is 12.2. The summed E-state index contributed by atoms with van der Waals surface area (Å²) in [5, 5.41) is 7.71. The molecule has 0 aliphatic carbocycles. The summed E-state index contributed by atoms with van der Waals surface area (Å²) in [5.74, 6) is -0.426. The van der Waals surface area contributed by atoms with Crippen molar-refractivity contribution in [3.05, 3.63) is 29.8 Å². The predicted octanol–water partition coefficient (Wildman–Crippen LogP) is 1.94. The number of amides is 2. The Morgan fingerprint density at radius 3 is 2.16 bits per heavy atom. The van der Waals surface area contributed by atoms with Gasteiger partial charge in [-0.05, 0) is 37.6 Å². The smallest absolute Gasteiger partial charge is 0.364 e. The van der Waals surface area contributed by atoms with Crippen molar-refractivity contribution in [2.45, 2.75) is 39.5 Å². The van der Waals surface area contributed by atoms with Gasteiger partial charge in [0.15, 0.2) is 0 Å². The van der Waals surface area contributed by atoms with Gasteiger partial charge in [-0.2, -0.15) is 0 Å². The summed E-state index contributed by atoms with van der Waals surface area (Å²) in [5.41, 5.74) is 1.36. The molecule has 0 fully saturated rings. The standard InChI is InChI=1S/C17H25N3O4S/c1-10(2)14(18-4)16(22)19-11(3)15(21)20-13-7-5-12(6-8-13)9-24-17(23)25/h5-8,10-11,14,18H,9H2,1-4H3,(H,19,22)(H,20,21)(H,23,25)/t11-,14?/m0/s1. The number of carbonyl (C=O) groups is 3. The van der Waals surface area contributed by atoms with Crippen LogP contribution < -0.4 is 16.0 Å². The molecule has 1 aromatic carbocycles. The molecular formula is C17H25N3O4S. The molecule has 1 aromatic rings. The molecule has 25 heavy (non-hydrogen) atoms. The van der Waals surface area contributed by atoms with Crippen LogP contribution in [0, 0.1) is 5.92 Å². The van der Waals surface area contributed by atoms with Crippen molar-refractivity contribution in [3.8, 4) is 0 Å². The van der Waals surface area contributed by atoms with Crippen LogP contribution in [0.15, 0.2) is 24.3 Å². The molecule has 1 rings (SSSR count). The van der Waals surface area contributed by atoms with Gasteiger partial charge in [0.05, 0.1) is 6.04 Å². The first-order valence-electron chi connectivity index (χ1n) is 7.97. The molecule has 1 unspecified atom stereocenters. The third-order valence-electron chi connectivity index (χ3n) is 3.60. The van der Waals surface area contributed by atoms with E-state index in [1.807, 2.05) is 13.8 Å². The minimum absolute atomic E-state index is 0.110. The number of hydrogen-bond donors (Lipinski definition) is 4. The average molecular weight is 367 g/mol. The van der Waals surface area contributed by atoms with Crippen LogP contribution in [0.5, 0.6) is 0 Å². The Morgan fingerprint density at radius 2 is 1.68 bits per heavy atom. The molecular weight excluding hydrogens is 342 g/mol. The number of anilines is 1. The number of carbonyl (C=O) groups excluding carboxylic acids is 3. The Hall–Kier alpha value is -2.06. The molecule has 0 radical (unpaired) electrons. The normalized spacial score (nSPS) is 13.0. The van der Waals surface area contributed by atoms with Gasteiger partial charge in [0, 0.05) is 5.69 Å². The van der Waals surface area contributed by atoms with Crippen LogP contribution >= 0.6 is 12.6 Å². The first-order chi connectivity index (χ1) is 11.7. The molecule has 2 amide bonds. The van der Waals surface area contributed by atoms with Crippen molar-refractivity contribution < 1.29 is 19.1 Å². The molecule has 0 heterocycles. The highest BCUT2D eigenvalue weighted by Crippen LogP contribution is 2.11. The molecule has 7 nitrogen and oxygen atoms in total. The van der Waals surface area contributed by atoms with Crippen LogP contribution in [0.3, 0.4) is 0 Å². The van der Waals surface area contributed by atoms with Crippen LogP contribution in [0.2, 0.25) is 0 Å². The van der Waals surface area contributed by atoms with Crippen molar-refractivity contribution in [1.82, 2.24) is 10.6 Å². The average Bonchev–Trinajstić information content (AvgIpc) is 2.54. The zero-order valence-corrected chi connectivity index (χ0v) is 15.7. The van der Waals surface area contributed by atoms with E-state index in [9.17, 15) is 14.4 Å². The van der Waals surface area contributed by atoms with Crippen molar-refractivity contribution in [2.75, 3.05) is 12.4 Å². The van der Waals surface area contributed by atoms with Gasteiger partial charge in [-0.3, -0.25) is 9.59 Å². The topological polar surface area (TPSA) is 96.5 Å². The molecule has 0 saturated carbocycles. The first kappa shape index (κ1) is 21.0. The summed E-state index contributed by atoms with van der Waals surface area (Å²) in [6.45, 7) is 5.60. The lowest BCUT2D eigenvalue weighted by molar-refractivity contribution is -0.128. The van der Waals surface area contributed by atoms with E-state index in [0.29, 0.717) is 5.69 Å². The fourth-order valence-corrected chi connectivity index (χ4v) is 2.28. The van der Waals surface area contributed by atoms with Crippen molar-refractivity contribution in [1.29, 1.82) is 0 Å². The molecule has 2 atom stereocenters. The van der Waals surface area contributed by atoms with Crippen LogP contribution in [-0.4, -0.2) is 36.2 Å². The third-order valence-corrected chi connectivity index (χ3v) is 3.73. The molecule has 0 saturated heterocycles. The second kappa shape index (κ2) is 10.0. The Kier molecular flexibility index (Phi) is 8.44. The number of nitrogens with one attached hydrogen (secondary N) is 3. The summed E-state index contributed by atoms with van der Waals surface area (Å²) in [7, 11) is 1.71. The molecule has 0 bridgehead atoms. The number of thiol groups is 1. The van der Waals surface area contributed by atoms with Gasteiger partial charge < -0.3 is 20.7 Å². The summed E-state index contributed by atoms with van der Waals surface area (Å²) in [6.07, 6.45) is 0. The first-order valence-corrected chi connectivity index (χ1v) is 8.42. The lowest BCUT2D eigenvalue weighted by Crippen LogP contribution is -2.51. The van der Waals surface area contributed by atoms with Crippen molar-refractivity contribution in [3.63, 3.8) is 0 Å². The Morgan fingerprint density at radius 1 is 1.08 bits per heavy atom. The second-order valence-corrected chi connectivity index (χ2v) is 6.35. The molecule has 138 valence electrons. The van der Waals surface area contributed by atoms with E-state index >= 15 is 0 Å². The summed E-state index contributed by atoms with van der Waals surface area (Å²) in [6, 6.07) is 5.81. The Balaban J connectivity index is 2.57. The Bertz CT molecular complexity index is 604. The van der Waals surface area contributed by atoms with E-state index in [0.717, 1.165) is 5.56 Å². The fraction of sp³-hybridized carbons (Fsp3) is 0.471. The van der Waals surface area contributed by atoms with E-state index in [4.69, 9.17) is 4.74 Å². The maximum absolute atomic E-state index is 12.2. The number of hydrogen-bond acceptors (Lipinski definition) is 5. The van der Waals surface area contributed by atoms with Crippen LogP contribution in [0.4, 0.5) is 10.5 Å². The SMILES string of the molecule is CNC(C(=O)N[C@@H](C)C(=O)Nc1ccc(COC(=O)S)cc1)C(C)C. The fourth-order valence-electron chi connectivity index (χ4n) is 2.22. The van der Waals surface area contributed by atoms with Gasteiger partial charge >= 0.3 is 5.30 Å². The summed E-state index contributed by atoms with van der Waals surface area (Å²) < 4.78 is 4.77. The quantitative estimate of drug-likeness (QED) is 0.416. The Labute approximate surface area is 153 Å². The summed E-state index contributed by atoms with van der Waals surface area (Å²) >= 11 is 3.52. The highest BCUT2D eigenvalue weighted by atomic mass is 32.1. The van der Waals surface area contributed by atoms with E-state index in [2.05, 4.69) is 28.6 Å². The molecule has 0 spiro atoms. The van der Waals surface area contributed by atoms with Crippen LogP contribution in [0.1, 0.15) is 26.3 Å². The number of ether oxygens (including phenoxy) is 1. The van der Waals surface area contributed by atoms with Crippen LogP contribution in [-0.2, 0) is 20.9 Å². The number of rotatable bonds is 8. The van der Waals surface area contributed by atoms with E-state index in [1.165, 1.54) is 0 Å². The van der Waals surface area contributed by atoms with E-state index < -0.39 is 11.3 Å². The minimum Gasteiger partial charge on any atom is -0.453 e. The maximum Gasteiger partial charge on any atom is 0.364 e. The van der Waals surface area contributed by atoms with E-state index in [1.54, 1.807) is 38.2 Å². The van der Waals surface area contributed by atoms with Gasteiger partial charge in [-0.15, -0.1) is 0 Å². The van der Waals surface area contributed by atoms with Gasteiger partial charge in [0.2, 0.25) is 11.8 Å². The second-order valence-electron chi connectivity index (χ2n) is 5.98. The number of benzene rings is 1. The monoisotopic (exact) mass is 367 g/mol. The molecule has 0 aliphatic rings. The molecule has 8 heteroatoms. The van der Waals surface area contributed by atoms with E-state index in [-0.39, 0.29) is 30.4 Å². The molecule has 0 aromatic heterocycles. The molecule has 0 aliphatic heterocycles. The highest BCUT2D eigenvalue weighted by molar-refractivity contribution is 7.96. The van der Waals surface area contributed by atoms with Crippen LogP contribution in [0.25, 0.3) is 0 Å². The van der Waals surface area contributed by atoms with Gasteiger partial charge in [0.1, 0.15) is 12.6 Å². The molecule has 3 N–H and O–H groups in total. The largest absolute Gasteiger partial charge is 0.453 e. The van der Waals surface area contributed by atoms with Crippen molar-refractivity contribution >= 4 is 35.4 Å². The lowest BCUT2D eigenvalue weighted by atomic mass is 10.0. The number of likely N-dealkylation sites (N-methyl/N-ethyl adjacent to an activating group) is 1. The van der Waals surface area contributed by atoms with Gasteiger partial charge in [-0.25, -0.2) is 4.79 Å². The predicted molar refractivity (Wildman–Crippen MR) is 99.5 cm³/mol. The minimum atomic E-state index is -0.674. The van der Waals surface area contributed by atoms with Crippen molar-refractivity contribution in [2.24, 2.45) is 5.92 Å². The third kappa shape index (κ3) is 7.15. The highest BCUT2D eigenvalue weighted by Gasteiger charge is 2.23. The van der Waals surface area contributed by atoms with Gasteiger partial charge in [0.25, 0.3) is 0 Å².